The van der Waals surface area contributed by atoms with Gasteiger partial charge in [-0.3, -0.25) is 4.79 Å². The Bertz CT molecular complexity index is 562. The summed E-state index contributed by atoms with van der Waals surface area (Å²) in [5.74, 6) is -0.0932. The van der Waals surface area contributed by atoms with Crippen LogP contribution in [0.25, 0.3) is 10.9 Å². The third-order valence-corrected chi connectivity index (χ3v) is 2.93. The van der Waals surface area contributed by atoms with E-state index in [9.17, 15) is 4.79 Å². The van der Waals surface area contributed by atoms with Gasteiger partial charge in [0.05, 0.1) is 24.1 Å². The van der Waals surface area contributed by atoms with E-state index in [0.717, 1.165) is 16.7 Å². The number of methoxy groups -OCH3 is 1. The molecule has 0 spiro atoms. The van der Waals surface area contributed by atoms with Gasteiger partial charge >= 0.3 is 5.97 Å². The SMILES string of the molecule is COc1ccc(Cl)c2c1ccn2CCC(=O)O. The maximum Gasteiger partial charge on any atom is 0.305 e. The highest BCUT2D eigenvalue weighted by Gasteiger charge is 2.10. The lowest BCUT2D eigenvalue weighted by molar-refractivity contribution is -0.137. The van der Waals surface area contributed by atoms with Crippen molar-refractivity contribution in [2.24, 2.45) is 0 Å². The van der Waals surface area contributed by atoms with E-state index in [-0.39, 0.29) is 6.42 Å². The highest BCUT2D eigenvalue weighted by atomic mass is 35.5. The lowest BCUT2D eigenvalue weighted by Gasteiger charge is -2.07. The average Bonchev–Trinajstić information content (AvgIpc) is 2.72. The summed E-state index contributed by atoms with van der Waals surface area (Å²) in [6, 6.07) is 5.42. The first-order chi connectivity index (χ1) is 8.13. The van der Waals surface area contributed by atoms with E-state index in [1.165, 1.54) is 0 Å². The van der Waals surface area contributed by atoms with E-state index < -0.39 is 5.97 Å². The van der Waals surface area contributed by atoms with Crippen molar-refractivity contribution in [1.29, 1.82) is 0 Å². The molecular formula is C12H12ClNO3. The number of carbonyl (C=O) groups is 1. The summed E-state index contributed by atoms with van der Waals surface area (Å²) in [4.78, 5) is 10.6. The largest absolute Gasteiger partial charge is 0.496 e. The van der Waals surface area contributed by atoms with E-state index in [1.807, 2.05) is 16.8 Å². The summed E-state index contributed by atoms with van der Waals surface area (Å²) in [5.41, 5.74) is 0.812. The van der Waals surface area contributed by atoms with Crippen LogP contribution in [0, 0.1) is 0 Å². The first kappa shape index (κ1) is 11.8. The first-order valence-corrected chi connectivity index (χ1v) is 5.54. The van der Waals surface area contributed by atoms with Crippen molar-refractivity contribution in [2.75, 3.05) is 7.11 Å². The number of rotatable bonds is 4. The van der Waals surface area contributed by atoms with E-state index >= 15 is 0 Å². The van der Waals surface area contributed by atoms with Crippen molar-refractivity contribution >= 4 is 28.5 Å². The smallest absolute Gasteiger partial charge is 0.305 e. The topological polar surface area (TPSA) is 51.5 Å². The van der Waals surface area contributed by atoms with Crippen LogP contribution in [0.2, 0.25) is 5.02 Å². The van der Waals surface area contributed by atoms with Crippen molar-refractivity contribution in [3.8, 4) is 5.75 Å². The Hall–Kier alpha value is -1.68. The van der Waals surface area contributed by atoms with Crippen LogP contribution >= 0.6 is 11.6 Å². The zero-order chi connectivity index (χ0) is 12.4. The van der Waals surface area contributed by atoms with Crippen LogP contribution in [0.3, 0.4) is 0 Å². The van der Waals surface area contributed by atoms with Crippen LogP contribution < -0.4 is 4.74 Å². The van der Waals surface area contributed by atoms with Gasteiger partial charge in [-0.05, 0) is 18.2 Å². The number of aliphatic carboxylic acids is 1. The van der Waals surface area contributed by atoms with Crippen LogP contribution in [0.15, 0.2) is 24.4 Å². The summed E-state index contributed by atoms with van der Waals surface area (Å²) < 4.78 is 7.06. The third kappa shape index (κ3) is 2.22. The predicted octanol–water partition coefficient (Wildman–Crippen LogP) is 2.78. The number of hydrogen-bond acceptors (Lipinski definition) is 2. The minimum atomic E-state index is -0.828. The molecule has 0 unspecified atom stereocenters. The number of halogens is 1. The number of hydrogen-bond donors (Lipinski definition) is 1. The zero-order valence-electron chi connectivity index (χ0n) is 9.31. The number of nitrogens with zero attached hydrogens (tertiary/aromatic N) is 1. The van der Waals surface area contributed by atoms with E-state index in [1.54, 1.807) is 19.2 Å². The van der Waals surface area contributed by atoms with Crippen LogP contribution in [-0.2, 0) is 11.3 Å². The molecule has 1 N–H and O–H groups in total. The first-order valence-electron chi connectivity index (χ1n) is 5.16. The van der Waals surface area contributed by atoms with E-state index in [2.05, 4.69) is 0 Å². The van der Waals surface area contributed by atoms with Gasteiger partial charge in [-0.25, -0.2) is 0 Å². The van der Waals surface area contributed by atoms with Crippen molar-refractivity contribution < 1.29 is 14.6 Å². The number of carboxylic acids is 1. The van der Waals surface area contributed by atoms with Gasteiger partial charge in [0.25, 0.3) is 0 Å². The molecule has 0 aliphatic rings. The van der Waals surface area contributed by atoms with Crippen LogP contribution in [-0.4, -0.2) is 22.8 Å². The average molecular weight is 254 g/mol. The van der Waals surface area contributed by atoms with Gasteiger partial charge in [0.1, 0.15) is 5.75 Å². The number of benzene rings is 1. The second-order valence-electron chi connectivity index (χ2n) is 3.66. The molecule has 17 heavy (non-hydrogen) atoms. The van der Waals surface area contributed by atoms with Crippen molar-refractivity contribution in [1.82, 2.24) is 4.57 Å². The van der Waals surface area contributed by atoms with Crippen molar-refractivity contribution in [3.63, 3.8) is 0 Å². The Kier molecular flexibility index (Phi) is 3.24. The molecule has 0 saturated heterocycles. The van der Waals surface area contributed by atoms with Gasteiger partial charge in [-0.1, -0.05) is 11.6 Å². The van der Waals surface area contributed by atoms with Crippen LogP contribution in [0.4, 0.5) is 0 Å². The Morgan fingerprint density at radius 2 is 2.24 bits per heavy atom. The second-order valence-corrected chi connectivity index (χ2v) is 4.07. The molecule has 1 aromatic heterocycles. The molecule has 0 aliphatic carbocycles. The van der Waals surface area contributed by atoms with Gasteiger partial charge in [-0.2, -0.15) is 0 Å². The Balaban J connectivity index is 2.48. The molecule has 0 saturated carbocycles. The third-order valence-electron chi connectivity index (χ3n) is 2.62. The predicted molar refractivity (Wildman–Crippen MR) is 65.8 cm³/mol. The molecule has 1 heterocycles. The highest BCUT2D eigenvalue weighted by molar-refractivity contribution is 6.35. The Labute approximate surface area is 103 Å². The monoisotopic (exact) mass is 253 g/mol. The van der Waals surface area contributed by atoms with Gasteiger partial charge in [0.2, 0.25) is 0 Å². The lowest BCUT2D eigenvalue weighted by atomic mass is 10.2. The normalized spacial score (nSPS) is 10.7. The summed E-state index contributed by atoms with van der Waals surface area (Å²) in [6.07, 6.45) is 1.89. The molecule has 4 nitrogen and oxygen atoms in total. The van der Waals surface area contributed by atoms with Crippen molar-refractivity contribution in [2.45, 2.75) is 13.0 Å². The van der Waals surface area contributed by atoms with E-state index in [0.29, 0.717) is 11.6 Å². The molecule has 0 aliphatic heterocycles. The quantitative estimate of drug-likeness (QED) is 0.912. The molecule has 2 rings (SSSR count). The van der Waals surface area contributed by atoms with Crippen molar-refractivity contribution in [3.05, 3.63) is 29.4 Å². The number of aryl methyl sites for hydroxylation is 1. The standard InChI is InChI=1S/C12H12ClNO3/c1-17-10-3-2-9(13)12-8(10)4-6-14(12)7-5-11(15)16/h2-4,6H,5,7H2,1H3,(H,15,16). The fourth-order valence-electron chi connectivity index (χ4n) is 1.84. The van der Waals surface area contributed by atoms with E-state index in [4.69, 9.17) is 21.4 Å². The fourth-order valence-corrected chi connectivity index (χ4v) is 2.11. The molecule has 0 amide bonds. The molecule has 1 aromatic carbocycles. The number of aromatic nitrogens is 1. The van der Waals surface area contributed by atoms with Gasteiger partial charge in [0.15, 0.2) is 0 Å². The summed E-state index contributed by atoms with van der Waals surface area (Å²) in [5, 5.41) is 10.2. The molecule has 0 bridgehead atoms. The molecule has 2 aromatic rings. The molecular weight excluding hydrogens is 242 g/mol. The Morgan fingerprint density at radius 1 is 1.47 bits per heavy atom. The van der Waals surface area contributed by atoms with Gasteiger partial charge in [0, 0.05) is 18.1 Å². The maximum atomic E-state index is 10.6. The summed E-state index contributed by atoms with van der Waals surface area (Å²) >= 11 is 6.12. The molecule has 0 atom stereocenters. The minimum absolute atomic E-state index is 0.0668. The minimum Gasteiger partial charge on any atom is -0.496 e. The lowest BCUT2D eigenvalue weighted by Crippen LogP contribution is -2.03. The zero-order valence-corrected chi connectivity index (χ0v) is 10.1. The maximum absolute atomic E-state index is 10.6. The van der Waals surface area contributed by atoms with Crippen LogP contribution in [0.1, 0.15) is 6.42 Å². The molecule has 5 heteroatoms. The molecule has 90 valence electrons. The fraction of sp³-hybridized carbons (Fsp3) is 0.250. The number of ether oxygens (including phenoxy) is 1. The summed E-state index contributed by atoms with van der Waals surface area (Å²) in [6.45, 7) is 0.395. The summed E-state index contributed by atoms with van der Waals surface area (Å²) in [7, 11) is 1.59. The molecule has 0 radical (unpaired) electrons. The Morgan fingerprint density at radius 3 is 2.88 bits per heavy atom. The highest BCUT2D eigenvalue weighted by Crippen LogP contribution is 2.32. The number of carboxylic acid groups (broad SMARTS) is 1. The van der Waals surface area contributed by atoms with Gasteiger partial charge < -0.3 is 14.4 Å². The van der Waals surface area contributed by atoms with Gasteiger partial charge in [-0.15, -0.1) is 0 Å². The second kappa shape index (κ2) is 4.67. The molecule has 0 fully saturated rings. The number of fused-ring (bicyclic) bond motifs is 1. The van der Waals surface area contributed by atoms with Crippen LogP contribution in [0.5, 0.6) is 5.75 Å².